The summed E-state index contributed by atoms with van der Waals surface area (Å²) >= 11 is 0. The monoisotopic (exact) mass is 326 g/mol. The molecule has 1 N–H and O–H groups in total. The summed E-state index contributed by atoms with van der Waals surface area (Å²) in [5.41, 5.74) is 1.13. The Kier molecular flexibility index (Phi) is 6.21. The summed E-state index contributed by atoms with van der Waals surface area (Å²) in [5.74, 6) is 0.447. The molecule has 1 amide bonds. The van der Waals surface area contributed by atoms with Crippen LogP contribution in [0.15, 0.2) is 24.3 Å². The molecule has 0 aromatic heterocycles. The minimum absolute atomic E-state index is 0. The predicted molar refractivity (Wildman–Crippen MR) is 79.9 cm³/mol. The maximum atomic E-state index is 13.0. The van der Waals surface area contributed by atoms with Gasteiger partial charge in [-0.05, 0) is 25.0 Å². The zero-order valence-electron chi connectivity index (χ0n) is 12.9. The molecule has 0 spiro atoms. The van der Waals surface area contributed by atoms with Gasteiger partial charge in [0.15, 0.2) is 0 Å². The first kappa shape index (κ1) is 17.2. The van der Waals surface area contributed by atoms with E-state index >= 15 is 0 Å². The van der Waals surface area contributed by atoms with Crippen LogP contribution in [0.5, 0.6) is 0 Å². The molecule has 1 saturated heterocycles. The van der Waals surface area contributed by atoms with Crippen LogP contribution in [-0.4, -0.2) is 37.0 Å². The number of nitrogens with zero attached hydrogens (tertiary/aromatic N) is 1. The second-order valence-electron chi connectivity index (χ2n) is 6.27. The summed E-state index contributed by atoms with van der Waals surface area (Å²) in [6.07, 6.45) is 5.84. The first-order valence-corrected chi connectivity index (χ1v) is 8.13. The second-order valence-corrected chi connectivity index (χ2v) is 6.27. The van der Waals surface area contributed by atoms with Gasteiger partial charge in [0.25, 0.3) is 0 Å². The highest BCUT2D eigenvalue weighted by Gasteiger charge is 2.30. The first-order chi connectivity index (χ1) is 10.2. The molecule has 2 aliphatic rings. The molecule has 1 aliphatic heterocycles. The summed E-state index contributed by atoms with van der Waals surface area (Å²) in [6.45, 7) is 3.48. The zero-order chi connectivity index (χ0) is 14.7. The van der Waals surface area contributed by atoms with Gasteiger partial charge in [-0.1, -0.05) is 19.3 Å². The Balaban J connectivity index is 0.00000176. The molecule has 3 nitrogen and oxygen atoms in total. The smallest absolute Gasteiger partial charge is 0.226 e. The zero-order valence-corrected chi connectivity index (χ0v) is 13.6. The Bertz CT molecular complexity index is 480. The van der Waals surface area contributed by atoms with E-state index < -0.39 is 0 Å². The number of piperazine rings is 1. The van der Waals surface area contributed by atoms with Crippen molar-refractivity contribution in [3.63, 3.8) is 0 Å². The van der Waals surface area contributed by atoms with Crippen molar-refractivity contribution in [3.05, 3.63) is 30.1 Å². The number of hydrogen-bond acceptors (Lipinski definition) is 1. The van der Waals surface area contributed by atoms with Crippen molar-refractivity contribution in [2.45, 2.75) is 32.1 Å². The first-order valence-electron chi connectivity index (χ1n) is 8.13. The lowest BCUT2D eigenvalue weighted by Crippen LogP contribution is -3.10. The van der Waals surface area contributed by atoms with Gasteiger partial charge in [-0.15, -0.1) is 0 Å². The fraction of sp³-hybridized carbons (Fsp3) is 0.588. The highest BCUT2D eigenvalue weighted by Crippen LogP contribution is 2.25. The van der Waals surface area contributed by atoms with Crippen molar-refractivity contribution in [3.8, 4) is 0 Å². The number of hydrogen-bond donors (Lipinski definition) is 1. The minimum Gasteiger partial charge on any atom is -1.00 e. The van der Waals surface area contributed by atoms with Gasteiger partial charge in [-0.25, -0.2) is 4.39 Å². The van der Waals surface area contributed by atoms with Crippen LogP contribution in [0.2, 0.25) is 0 Å². The van der Waals surface area contributed by atoms with Crippen molar-refractivity contribution < 1.29 is 26.5 Å². The molecule has 0 unspecified atom stereocenters. The summed E-state index contributed by atoms with van der Waals surface area (Å²) in [4.78, 5) is 15.9. The van der Waals surface area contributed by atoms with E-state index in [2.05, 4.69) is 0 Å². The number of quaternary nitrogens is 1. The summed E-state index contributed by atoms with van der Waals surface area (Å²) in [6, 6.07) is 6.73. The number of halogens is 2. The van der Waals surface area contributed by atoms with Gasteiger partial charge < -0.3 is 17.3 Å². The molecule has 0 atom stereocenters. The molecule has 0 radical (unpaired) electrons. The Labute approximate surface area is 137 Å². The van der Waals surface area contributed by atoms with Gasteiger partial charge in [0.05, 0.1) is 26.2 Å². The lowest BCUT2D eigenvalue weighted by molar-refractivity contribution is -0.837. The molecule has 1 heterocycles. The van der Waals surface area contributed by atoms with Crippen LogP contribution in [0.1, 0.15) is 32.1 Å². The molecule has 3 rings (SSSR count). The minimum atomic E-state index is -0.190. The number of amides is 1. The third-order valence-electron chi connectivity index (χ3n) is 4.89. The highest BCUT2D eigenvalue weighted by atomic mass is 35.5. The molecule has 5 heteroatoms. The maximum absolute atomic E-state index is 13.0. The van der Waals surface area contributed by atoms with E-state index in [1.54, 1.807) is 0 Å². The van der Waals surface area contributed by atoms with E-state index in [-0.39, 0.29) is 24.1 Å². The lowest BCUT2D eigenvalue weighted by atomic mass is 9.88. The predicted octanol–water partition coefficient (Wildman–Crippen LogP) is -1.23. The van der Waals surface area contributed by atoms with Crippen LogP contribution in [0, 0.1) is 11.7 Å². The molecular formula is C17H24ClFN2O. The van der Waals surface area contributed by atoms with E-state index in [4.69, 9.17) is 0 Å². The van der Waals surface area contributed by atoms with Gasteiger partial charge in [-0.3, -0.25) is 9.69 Å². The van der Waals surface area contributed by atoms with Crippen LogP contribution in [0.3, 0.4) is 0 Å². The van der Waals surface area contributed by atoms with Gasteiger partial charge in [-0.2, -0.15) is 0 Å². The fourth-order valence-electron chi connectivity index (χ4n) is 3.58. The van der Waals surface area contributed by atoms with Crippen molar-refractivity contribution >= 4 is 11.6 Å². The SMILES string of the molecule is O=C(C1CCCCC1)N1CC[NH+](c2ccc(F)cc2)CC1.[Cl-]. The topological polar surface area (TPSA) is 24.8 Å². The number of nitrogens with one attached hydrogen (secondary N) is 1. The molecule has 2 fully saturated rings. The maximum Gasteiger partial charge on any atom is 0.226 e. The normalized spacial score (nSPS) is 20.5. The third-order valence-corrected chi connectivity index (χ3v) is 4.89. The quantitative estimate of drug-likeness (QED) is 0.723. The number of carbonyl (C=O) groups is 1. The Morgan fingerprint density at radius 1 is 1.05 bits per heavy atom. The van der Waals surface area contributed by atoms with E-state index in [9.17, 15) is 9.18 Å². The fourth-order valence-corrected chi connectivity index (χ4v) is 3.58. The molecule has 0 bridgehead atoms. The van der Waals surface area contributed by atoms with Crippen LogP contribution >= 0.6 is 0 Å². The molecule has 1 aliphatic carbocycles. The number of benzene rings is 1. The van der Waals surface area contributed by atoms with E-state index in [1.807, 2.05) is 17.0 Å². The highest BCUT2D eigenvalue weighted by molar-refractivity contribution is 5.79. The Morgan fingerprint density at radius 2 is 1.64 bits per heavy atom. The summed E-state index contributed by atoms with van der Waals surface area (Å²) < 4.78 is 13.0. The van der Waals surface area contributed by atoms with Gasteiger partial charge in [0, 0.05) is 18.1 Å². The largest absolute Gasteiger partial charge is 1.00 e. The van der Waals surface area contributed by atoms with Crippen molar-refractivity contribution in [2.24, 2.45) is 5.92 Å². The van der Waals surface area contributed by atoms with Crippen LogP contribution in [0.4, 0.5) is 10.1 Å². The van der Waals surface area contributed by atoms with E-state index in [0.717, 1.165) is 44.7 Å². The van der Waals surface area contributed by atoms with Gasteiger partial charge in [0.2, 0.25) is 5.91 Å². The lowest BCUT2D eigenvalue weighted by Gasteiger charge is -2.34. The van der Waals surface area contributed by atoms with E-state index in [0.29, 0.717) is 5.91 Å². The summed E-state index contributed by atoms with van der Waals surface area (Å²) in [7, 11) is 0. The van der Waals surface area contributed by atoms with Crippen molar-refractivity contribution in [1.82, 2.24) is 4.90 Å². The summed E-state index contributed by atoms with van der Waals surface area (Å²) in [5, 5.41) is 0. The van der Waals surface area contributed by atoms with E-state index in [1.165, 1.54) is 36.3 Å². The van der Waals surface area contributed by atoms with Gasteiger partial charge >= 0.3 is 0 Å². The standard InChI is InChI=1S/C17H23FN2O.ClH/c18-15-6-8-16(9-7-15)19-10-12-20(13-11-19)17(21)14-4-2-1-3-5-14;/h6-9,14H,1-5,10-13H2;1H. The number of carbonyl (C=O) groups excluding carboxylic acids is 1. The average molecular weight is 327 g/mol. The molecule has 1 saturated carbocycles. The molecule has 1 aromatic rings. The van der Waals surface area contributed by atoms with Crippen molar-refractivity contribution in [2.75, 3.05) is 26.2 Å². The van der Waals surface area contributed by atoms with Crippen LogP contribution in [-0.2, 0) is 4.79 Å². The number of rotatable bonds is 2. The molecule has 1 aromatic carbocycles. The van der Waals surface area contributed by atoms with Crippen molar-refractivity contribution in [1.29, 1.82) is 0 Å². The molecule has 22 heavy (non-hydrogen) atoms. The molecule has 122 valence electrons. The molecular weight excluding hydrogens is 303 g/mol. The van der Waals surface area contributed by atoms with Gasteiger partial charge in [0.1, 0.15) is 11.5 Å². The average Bonchev–Trinajstić information content (AvgIpc) is 2.56. The third kappa shape index (κ3) is 3.99. The van der Waals surface area contributed by atoms with Crippen LogP contribution in [0.25, 0.3) is 0 Å². The Morgan fingerprint density at radius 3 is 2.23 bits per heavy atom. The Hall–Kier alpha value is -1.13. The second kappa shape index (κ2) is 7.93. The van der Waals surface area contributed by atoms with Crippen LogP contribution < -0.4 is 17.3 Å².